The van der Waals surface area contributed by atoms with E-state index in [-0.39, 0.29) is 10.9 Å². The van der Waals surface area contributed by atoms with Gasteiger partial charge in [-0.05, 0) is 18.8 Å². The predicted octanol–water partition coefficient (Wildman–Crippen LogP) is 0.168. The normalized spacial score (nSPS) is 26.4. The Labute approximate surface area is 108 Å². The summed E-state index contributed by atoms with van der Waals surface area (Å²) >= 11 is 0. The van der Waals surface area contributed by atoms with Crippen LogP contribution in [0, 0.1) is 5.92 Å². The molecular weight excluding hydrogens is 252 g/mol. The molecule has 2 N–H and O–H groups in total. The van der Waals surface area contributed by atoms with Crippen molar-refractivity contribution in [1.82, 2.24) is 14.1 Å². The Balaban J connectivity index is 2.34. The van der Waals surface area contributed by atoms with Crippen molar-refractivity contribution in [2.45, 2.75) is 30.7 Å². The number of nitrogens with zero attached hydrogens (tertiary/aromatic N) is 3. The molecule has 1 aromatic heterocycles. The molecular formula is C11H20N4O2S. The van der Waals surface area contributed by atoms with E-state index < -0.39 is 10.0 Å². The van der Waals surface area contributed by atoms with Gasteiger partial charge in [0, 0.05) is 32.4 Å². The fourth-order valence-electron chi connectivity index (χ4n) is 2.53. The van der Waals surface area contributed by atoms with Gasteiger partial charge in [-0.25, -0.2) is 8.42 Å². The molecule has 2 rings (SSSR count). The summed E-state index contributed by atoms with van der Waals surface area (Å²) in [6, 6.07) is -0.107. The fraction of sp³-hybridized carbons (Fsp3) is 0.727. The molecule has 0 bridgehead atoms. The Kier molecular flexibility index (Phi) is 3.74. The zero-order valence-electron chi connectivity index (χ0n) is 10.8. The number of hydrogen-bond donors (Lipinski definition) is 1. The van der Waals surface area contributed by atoms with E-state index in [1.165, 1.54) is 21.4 Å². The van der Waals surface area contributed by atoms with Gasteiger partial charge in [0.25, 0.3) is 0 Å². The molecule has 0 aromatic carbocycles. The molecule has 0 amide bonds. The van der Waals surface area contributed by atoms with Crippen LogP contribution in [0.25, 0.3) is 0 Å². The quantitative estimate of drug-likeness (QED) is 0.850. The standard InChI is InChI=1S/C11H20N4O2S/c1-9-4-3-5-15(11(9)6-12)18(16,17)10-7-13-14(2)8-10/h7-9,11H,3-6,12H2,1-2H3/t9-,11-/m1/s1. The van der Waals surface area contributed by atoms with Crippen molar-refractivity contribution >= 4 is 10.0 Å². The van der Waals surface area contributed by atoms with Gasteiger partial charge in [-0.15, -0.1) is 0 Å². The minimum absolute atomic E-state index is 0.107. The van der Waals surface area contributed by atoms with Gasteiger partial charge in [0.2, 0.25) is 10.0 Å². The third-order valence-electron chi connectivity index (χ3n) is 3.59. The summed E-state index contributed by atoms with van der Waals surface area (Å²) in [4.78, 5) is 0.248. The molecule has 102 valence electrons. The Morgan fingerprint density at radius 2 is 2.28 bits per heavy atom. The number of hydrogen-bond acceptors (Lipinski definition) is 4. The van der Waals surface area contributed by atoms with Gasteiger partial charge in [-0.2, -0.15) is 9.40 Å². The first-order chi connectivity index (χ1) is 8.46. The molecule has 1 saturated heterocycles. The van der Waals surface area contributed by atoms with Crippen molar-refractivity contribution in [3.63, 3.8) is 0 Å². The third kappa shape index (κ3) is 2.30. The summed E-state index contributed by atoms with van der Waals surface area (Å²) in [5.41, 5.74) is 5.74. The third-order valence-corrected chi connectivity index (χ3v) is 5.47. The average molecular weight is 272 g/mol. The number of sulfonamides is 1. The van der Waals surface area contributed by atoms with Gasteiger partial charge < -0.3 is 5.73 Å². The largest absolute Gasteiger partial charge is 0.329 e. The number of nitrogens with two attached hydrogens (primary N) is 1. The van der Waals surface area contributed by atoms with Gasteiger partial charge >= 0.3 is 0 Å². The van der Waals surface area contributed by atoms with Crippen LogP contribution in [0.5, 0.6) is 0 Å². The zero-order valence-corrected chi connectivity index (χ0v) is 11.6. The predicted molar refractivity (Wildman–Crippen MR) is 68.3 cm³/mol. The van der Waals surface area contributed by atoms with E-state index in [9.17, 15) is 8.42 Å². The van der Waals surface area contributed by atoms with Gasteiger partial charge in [-0.3, -0.25) is 4.68 Å². The minimum atomic E-state index is -3.47. The van der Waals surface area contributed by atoms with E-state index >= 15 is 0 Å². The van der Waals surface area contributed by atoms with Crippen molar-refractivity contribution in [2.75, 3.05) is 13.1 Å². The second kappa shape index (κ2) is 4.99. The lowest BCUT2D eigenvalue weighted by Crippen LogP contribution is -2.51. The summed E-state index contributed by atoms with van der Waals surface area (Å²) < 4.78 is 28.1. The van der Waals surface area contributed by atoms with Crippen LogP contribution in [0.15, 0.2) is 17.3 Å². The van der Waals surface area contributed by atoms with Crippen LogP contribution in [-0.2, 0) is 17.1 Å². The van der Waals surface area contributed by atoms with Crippen molar-refractivity contribution in [3.8, 4) is 0 Å². The molecule has 7 heteroatoms. The minimum Gasteiger partial charge on any atom is -0.329 e. The highest BCUT2D eigenvalue weighted by atomic mass is 32.2. The van der Waals surface area contributed by atoms with E-state index in [0.717, 1.165) is 12.8 Å². The van der Waals surface area contributed by atoms with Gasteiger partial charge in [0.05, 0.1) is 6.20 Å². The highest BCUT2D eigenvalue weighted by molar-refractivity contribution is 7.89. The molecule has 0 aliphatic carbocycles. The Bertz CT molecular complexity index is 511. The molecule has 1 fully saturated rings. The maximum absolute atomic E-state index is 12.5. The van der Waals surface area contributed by atoms with Crippen LogP contribution >= 0.6 is 0 Å². The molecule has 1 aromatic rings. The summed E-state index contributed by atoms with van der Waals surface area (Å²) in [5.74, 6) is 0.301. The lowest BCUT2D eigenvalue weighted by Gasteiger charge is -2.38. The summed E-state index contributed by atoms with van der Waals surface area (Å²) in [6.07, 6.45) is 4.84. The summed E-state index contributed by atoms with van der Waals surface area (Å²) in [7, 11) is -1.76. The number of piperidine rings is 1. The molecule has 1 aliphatic rings. The fourth-order valence-corrected chi connectivity index (χ4v) is 4.28. The topological polar surface area (TPSA) is 81.2 Å². The summed E-state index contributed by atoms with van der Waals surface area (Å²) in [5, 5.41) is 3.93. The van der Waals surface area contributed by atoms with Crippen molar-refractivity contribution < 1.29 is 8.42 Å². The molecule has 0 unspecified atom stereocenters. The van der Waals surface area contributed by atoms with Crippen LogP contribution < -0.4 is 5.73 Å². The first kappa shape index (κ1) is 13.5. The first-order valence-corrected chi connectivity index (χ1v) is 7.61. The van der Waals surface area contributed by atoms with E-state index in [0.29, 0.717) is 19.0 Å². The SMILES string of the molecule is C[C@@H]1CCCN(S(=O)(=O)c2cnn(C)c2)[C@@H]1CN. The second-order valence-corrected chi connectivity index (χ2v) is 6.78. The number of aromatic nitrogens is 2. The van der Waals surface area contributed by atoms with Crippen LogP contribution in [0.1, 0.15) is 19.8 Å². The molecule has 0 saturated carbocycles. The lowest BCUT2D eigenvalue weighted by molar-refractivity contribution is 0.192. The van der Waals surface area contributed by atoms with Crippen molar-refractivity contribution in [3.05, 3.63) is 12.4 Å². The second-order valence-electron chi connectivity index (χ2n) is 4.89. The van der Waals surface area contributed by atoms with Crippen LogP contribution in [0.4, 0.5) is 0 Å². The number of rotatable bonds is 3. The van der Waals surface area contributed by atoms with Crippen molar-refractivity contribution in [2.24, 2.45) is 18.7 Å². The van der Waals surface area contributed by atoms with E-state index in [2.05, 4.69) is 12.0 Å². The molecule has 0 radical (unpaired) electrons. The van der Waals surface area contributed by atoms with Gasteiger partial charge in [0.15, 0.2) is 0 Å². The molecule has 2 atom stereocenters. The number of aryl methyl sites for hydroxylation is 1. The van der Waals surface area contributed by atoms with Crippen LogP contribution in [-0.4, -0.2) is 41.6 Å². The van der Waals surface area contributed by atoms with Crippen molar-refractivity contribution in [1.29, 1.82) is 0 Å². The highest BCUT2D eigenvalue weighted by Gasteiger charge is 2.36. The van der Waals surface area contributed by atoms with E-state index in [4.69, 9.17) is 5.73 Å². The van der Waals surface area contributed by atoms with E-state index in [1.807, 2.05) is 0 Å². The van der Waals surface area contributed by atoms with Gasteiger partial charge in [-0.1, -0.05) is 6.92 Å². The molecule has 1 aliphatic heterocycles. The lowest BCUT2D eigenvalue weighted by atomic mass is 9.93. The molecule has 18 heavy (non-hydrogen) atoms. The van der Waals surface area contributed by atoms with Gasteiger partial charge in [0.1, 0.15) is 4.90 Å². The smallest absolute Gasteiger partial charge is 0.246 e. The molecule has 6 nitrogen and oxygen atoms in total. The summed E-state index contributed by atoms with van der Waals surface area (Å²) in [6.45, 7) is 2.96. The Hall–Kier alpha value is -0.920. The molecule has 0 spiro atoms. The highest BCUT2D eigenvalue weighted by Crippen LogP contribution is 2.28. The first-order valence-electron chi connectivity index (χ1n) is 6.17. The average Bonchev–Trinajstić information content (AvgIpc) is 2.76. The Morgan fingerprint density at radius 3 is 2.83 bits per heavy atom. The maximum atomic E-state index is 12.5. The maximum Gasteiger partial charge on any atom is 0.246 e. The van der Waals surface area contributed by atoms with E-state index in [1.54, 1.807) is 7.05 Å². The van der Waals surface area contributed by atoms with Crippen LogP contribution in [0.2, 0.25) is 0 Å². The monoisotopic (exact) mass is 272 g/mol. The zero-order chi connectivity index (χ0) is 13.3. The Morgan fingerprint density at radius 1 is 1.56 bits per heavy atom. The molecule has 2 heterocycles. The van der Waals surface area contributed by atoms with Crippen LogP contribution in [0.3, 0.4) is 0 Å².